The van der Waals surface area contributed by atoms with Crippen LogP contribution in [0.1, 0.15) is 18.4 Å². The van der Waals surface area contributed by atoms with Gasteiger partial charge in [-0.25, -0.2) is 0 Å². The number of hydrogen-bond acceptors (Lipinski definition) is 2. The number of benzene rings is 1. The summed E-state index contributed by atoms with van der Waals surface area (Å²) in [6.45, 7) is 1.64. The first kappa shape index (κ1) is 9.97. The molecule has 0 aromatic heterocycles. The normalized spacial score (nSPS) is 26.7. The van der Waals surface area contributed by atoms with E-state index >= 15 is 0 Å². The van der Waals surface area contributed by atoms with E-state index in [4.69, 9.17) is 17.3 Å². The number of rotatable bonds is 2. The third-order valence-corrected chi connectivity index (χ3v) is 3.31. The fourth-order valence-electron chi connectivity index (χ4n) is 2.17. The maximum Gasteiger partial charge on any atom is 0.0573 e. The highest BCUT2D eigenvalue weighted by Crippen LogP contribution is 2.34. The molecule has 0 saturated carbocycles. The van der Waals surface area contributed by atoms with Gasteiger partial charge in [0.1, 0.15) is 0 Å². The Morgan fingerprint density at radius 2 is 2.21 bits per heavy atom. The van der Waals surface area contributed by atoms with Crippen LogP contribution in [-0.4, -0.2) is 13.1 Å². The quantitative estimate of drug-likeness (QED) is 0.783. The summed E-state index contributed by atoms with van der Waals surface area (Å²) in [6.07, 6.45) is 2.25. The Balaban J connectivity index is 2.41. The van der Waals surface area contributed by atoms with Crippen LogP contribution < -0.4 is 11.1 Å². The molecule has 14 heavy (non-hydrogen) atoms. The molecule has 0 aliphatic carbocycles. The van der Waals surface area contributed by atoms with Gasteiger partial charge < -0.3 is 11.1 Å². The SMILES string of the molecule is NCC1(c2ccccc2Cl)CCCN1. The van der Waals surface area contributed by atoms with Crippen LogP contribution in [0.15, 0.2) is 24.3 Å². The number of nitrogens with one attached hydrogen (secondary N) is 1. The molecule has 1 saturated heterocycles. The Morgan fingerprint density at radius 3 is 2.79 bits per heavy atom. The first-order chi connectivity index (χ1) is 6.78. The molecule has 1 unspecified atom stereocenters. The molecule has 3 heteroatoms. The van der Waals surface area contributed by atoms with Crippen LogP contribution in [0.3, 0.4) is 0 Å². The molecule has 0 bridgehead atoms. The zero-order chi connectivity index (χ0) is 10.0. The predicted octanol–water partition coefficient (Wildman–Crippen LogP) is 1.88. The summed E-state index contributed by atoms with van der Waals surface area (Å²) in [6, 6.07) is 7.95. The maximum absolute atomic E-state index is 6.18. The molecular formula is C11H15ClN2. The van der Waals surface area contributed by atoms with E-state index in [-0.39, 0.29) is 5.54 Å². The van der Waals surface area contributed by atoms with Gasteiger partial charge in [-0.05, 0) is 31.0 Å². The van der Waals surface area contributed by atoms with E-state index in [0.29, 0.717) is 6.54 Å². The van der Waals surface area contributed by atoms with E-state index in [9.17, 15) is 0 Å². The van der Waals surface area contributed by atoms with Gasteiger partial charge in [-0.15, -0.1) is 0 Å². The van der Waals surface area contributed by atoms with Gasteiger partial charge in [-0.3, -0.25) is 0 Å². The van der Waals surface area contributed by atoms with Crippen molar-refractivity contribution in [3.8, 4) is 0 Å². The van der Waals surface area contributed by atoms with Gasteiger partial charge in [-0.2, -0.15) is 0 Å². The molecule has 3 N–H and O–H groups in total. The van der Waals surface area contributed by atoms with Gasteiger partial charge in [0.2, 0.25) is 0 Å². The third kappa shape index (κ3) is 1.54. The smallest absolute Gasteiger partial charge is 0.0573 e. The Morgan fingerprint density at radius 1 is 1.43 bits per heavy atom. The zero-order valence-corrected chi connectivity index (χ0v) is 8.85. The Kier molecular flexibility index (Phi) is 2.77. The lowest BCUT2D eigenvalue weighted by atomic mass is 9.88. The minimum Gasteiger partial charge on any atom is -0.328 e. The summed E-state index contributed by atoms with van der Waals surface area (Å²) < 4.78 is 0. The van der Waals surface area contributed by atoms with Crippen molar-refractivity contribution in [3.63, 3.8) is 0 Å². The van der Waals surface area contributed by atoms with Crippen molar-refractivity contribution in [2.45, 2.75) is 18.4 Å². The van der Waals surface area contributed by atoms with Crippen molar-refractivity contribution in [2.75, 3.05) is 13.1 Å². The number of halogens is 1. The van der Waals surface area contributed by atoms with Crippen LogP contribution in [0, 0.1) is 0 Å². The second kappa shape index (κ2) is 3.89. The zero-order valence-electron chi connectivity index (χ0n) is 8.09. The standard InChI is InChI=1S/C11H15ClN2/c12-10-5-2-1-4-9(10)11(8-13)6-3-7-14-11/h1-2,4-5,14H,3,6-8,13H2. The van der Waals surface area contributed by atoms with Gasteiger partial charge in [0.15, 0.2) is 0 Å². The lowest BCUT2D eigenvalue weighted by Crippen LogP contribution is -2.43. The lowest BCUT2D eigenvalue weighted by molar-refractivity contribution is 0.402. The van der Waals surface area contributed by atoms with E-state index < -0.39 is 0 Å². The topological polar surface area (TPSA) is 38.0 Å². The van der Waals surface area contributed by atoms with Crippen LogP contribution in [0.5, 0.6) is 0 Å². The summed E-state index contributed by atoms with van der Waals surface area (Å²) >= 11 is 6.18. The highest BCUT2D eigenvalue weighted by atomic mass is 35.5. The van der Waals surface area contributed by atoms with Gasteiger partial charge in [0, 0.05) is 11.6 Å². The van der Waals surface area contributed by atoms with Crippen molar-refractivity contribution in [2.24, 2.45) is 5.73 Å². The maximum atomic E-state index is 6.18. The van der Waals surface area contributed by atoms with Crippen LogP contribution in [0.2, 0.25) is 5.02 Å². The van der Waals surface area contributed by atoms with Crippen molar-refractivity contribution >= 4 is 11.6 Å². The van der Waals surface area contributed by atoms with Gasteiger partial charge >= 0.3 is 0 Å². The minimum atomic E-state index is -0.0850. The molecule has 1 aromatic carbocycles. The van der Waals surface area contributed by atoms with Crippen LogP contribution in [0.4, 0.5) is 0 Å². The largest absolute Gasteiger partial charge is 0.328 e. The molecular weight excluding hydrogens is 196 g/mol. The molecule has 1 atom stereocenters. The average Bonchev–Trinajstić information content (AvgIpc) is 2.68. The summed E-state index contributed by atoms with van der Waals surface area (Å²) in [7, 11) is 0. The molecule has 1 aliphatic rings. The van der Waals surface area contributed by atoms with Gasteiger partial charge in [0.25, 0.3) is 0 Å². The monoisotopic (exact) mass is 210 g/mol. The first-order valence-corrected chi connectivity index (χ1v) is 5.36. The molecule has 76 valence electrons. The molecule has 1 fully saturated rings. The Hall–Kier alpha value is -0.570. The number of nitrogens with two attached hydrogens (primary N) is 1. The molecule has 0 radical (unpaired) electrons. The van der Waals surface area contributed by atoms with Crippen molar-refractivity contribution in [1.29, 1.82) is 0 Å². The predicted molar refractivity (Wildman–Crippen MR) is 59.4 cm³/mol. The molecule has 1 heterocycles. The summed E-state index contributed by atoms with van der Waals surface area (Å²) in [4.78, 5) is 0. The third-order valence-electron chi connectivity index (χ3n) is 2.98. The van der Waals surface area contributed by atoms with E-state index in [1.54, 1.807) is 0 Å². The second-order valence-electron chi connectivity index (χ2n) is 3.80. The summed E-state index contributed by atoms with van der Waals surface area (Å²) in [5.41, 5.74) is 6.90. The molecule has 1 aromatic rings. The van der Waals surface area contributed by atoms with Gasteiger partial charge in [-0.1, -0.05) is 29.8 Å². The van der Waals surface area contributed by atoms with E-state index in [0.717, 1.165) is 23.6 Å². The average molecular weight is 211 g/mol. The van der Waals surface area contributed by atoms with Crippen LogP contribution in [-0.2, 0) is 5.54 Å². The van der Waals surface area contributed by atoms with E-state index in [2.05, 4.69) is 11.4 Å². The molecule has 0 spiro atoms. The molecule has 1 aliphatic heterocycles. The lowest BCUT2D eigenvalue weighted by Gasteiger charge is -2.29. The first-order valence-electron chi connectivity index (χ1n) is 4.99. The molecule has 2 rings (SSSR count). The molecule has 0 amide bonds. The summed E-state index contributed by atoms with van der Waals surface area (Å²) in [5, 5.41) is 4.28. The number of hydrogen-bond donors (Lipinski definition) is 2. The van der Waals surface area contributed by atoms with Crippen molar-refractivity contribution in [3.05, 3.63) is 34.9 Å². The Bertz CT molecular complexity index is 319. The highest BCUT2D eigenvalue weighted by molar-refractivity contribution is 6.31. The van der Waals surface area contributed by atoms with Crippen molar-refractivity contribution in [1.82, 2.24) is 5.32 Å². The summed E-state index contributed by atoms with van der Waals surface area (Å²) in [5.74, 6) is 0. The van der Waals surface area contributed by atoms with Crippen molar-refractivity contribution < 1.29 is 0 Å². The van der Waals surface area contributed by atoms with E-state index in [1.165, 1.54) is 6.42 Å². The van der Waals surface area contributed by atoms with Crippen LogP contribution in [0.25, 0.3) is 0 Å². The van der Waals surface area contributed by atoms with Gasteiger partial charge in [0.05, 0.1) is 5.54 Å². The highest BCUT2D eigenvalue weighted by Gasteiger charge is 2.35. The van der Waals surface area contributed by atoms with E-state index in [1.807, 2.05) is 18.2 Å². The van der Waals surface area contributed by atoms with Crippen LogP contribution >= 0.6 is 11.6 Å². The fourth-order valence-corrected chi connectivity index (χ4v) is 2.49. The Labute approximate surface area is 89.4 Å². The second-order valence-corrected chi connectivity index (χ2v) is 4.20. The fraction of sp³-hybridized carbons (Fsp3) is 0.455. The molecule has 2 nitrogen and oxygen atoms in total. The minimum absolute atomic E-state index is 0.0850.